The average Bonchev–Trinajstić information content (AvgIpc) is 3.19. The highest BCUT2D eigenvalue weighted by Crippen LogP contribution is 2.26. The van der Waals surface area contributed by atoms with E-state index in [2.05, 4.69) is 60.5 Å². The molecule has 0 aliphatic rings. The number of nitrogens with one attached hydrogen (secondary N) is 1. The lowest BCUT2D eigenvalue weighted by Crippen LogP contribution is -1.95. The van der Waals surface area contributed by atoms with Crippen molar-refractivity contribution in [3.8, 4) is 17.3 Å². The third-order valence-corrected chi connectivity index (χ3v) is 5.16. The molecule has 0 unspecified atom stereocenters. The molecular formula is C22H21N3S. The van der Waals surface area contributed by atoms with Crippen molar-refractivity contribution in [2.75, 3.05) is 5.32 Å². The van der Waals surface area contributed by atoms with E-state index in [0.29, 0.717) is 5.57 Å². The van der Waals surface area contributed by atoms with Crippen molar-refractivity contribution in [2.45, 2.75) is 26.7 Å². The Morgan fingerprint density at radius 1 is 1.12 bits per heavy atom. The molecule has 0 atom stereocenters. The fraction of sp³-hybridized carbons (Fsp3) is 0.182. The highest BCUT2D eigenvalue weighted by atomic mass is 32.1. The summed E-state index contributed by atoms with van der Waals surface area (Å²) in [5, 5.41) is 15.5. The number of para-hydroxylation sites is 1. The first kappa shape index (κ1) is 17.9. The first-order valence-electron chi connectivity index (χ1n) is 8.75. The molecule has 130 valence electrons. The Morgan fingerprint density at radius 2 is 1.88 bits per heavy atom. The van der Waals surface area contributed by atoms with E-state index in [1.54, 1.807) is 6.20 Å². The number of nitriles is 1. The van der Waals surface area contributed by atoms with Crippen molar-refractivity contribution in [2.24, 2.45) is 0 Å². The summed E-state index contributed by atoms with van der Waals surface area (Å²) in [6, 6.07) is 18.8. The van der Waals surface area contributed by atoms with Crippen molar-refractivity contribution in [3.05, 3.63) is 76.2 Å². The molecule has 0 spiro atoms. The van der Waals surface area contributed by atoms with Crippen molar-refractivity contribution >= 4 is 22.6 Å². The molecule has 0 amide bonds. The zero-order chi connectivity index (χ0) is 18.4. The first-order valence-corrected chi connectivity index (χ1v) is 9.63. The van der Waals surface area contributed by atoms with Crippen molar-refractivity contribution < 1.29 is 0 Å². The van der Waals surface area contributed by atoms with Gasteiger partial charge < -0.3 is 5.32 Å². The second-order valence-corrected chi connectivity index (χ2v) is 6.77. The van der Waals surface area contributed by atoms with E-state index in [0.717, 1.165) is 34.8 Å². The van der Waals surface area contributed by atoms with Gasteiger partial charge in [0, 0.05) is 22.8 Å². The first-order chi connectivity index (χ1) is 12.7. The number of aryl methyl sites for hydroxylation is 2. The number of benzene rings is 2. The van der Waals surface area contributed by atoms with E-state index in [9.17, 15) is 5.26 Å². The number of thiazole rings is 1. The standard InChI is InChI=1S/C22H21N3S/c1-3-16-9-11-18(12-10-16)21-15-26-22(25-21)19(13-23)14-24-20-8-6-5-7-17(20)4-2/h5-12,14-15,24H,3-4H2,1-2H3. The van der Waals surface area contributed by atoms with Crippen LogP contribution >= 0.6 is 11.3 Å². The number of allylic oxidation sites excluding steroid dienone is 1. The lowest BCUT2D eigenvalue weighted by molar-refractivity contribution is 1.14. The molecule has 1 aromatic heterocycles. The third kappa shape index (κ3) is 4.01. The van der Waals surface area contributed by atoms with Crippen LogP contribution in [0.15, 0.2) is 60.1 Å². The molecule has 0 aliphatic heterocycles. The van der Waals surface area contributed by atoms with Crippen LogP contribution in [0, 0.1) is 11.3 Å². The Morgan fingerprint density at radius 3 is 2.58 bits per heavy atom. The predicted molar refractivity (Wildman–Crippen MR) is 110 cm³/mol. The predicted octanol–water partition coefficient (Wildman–Crippen LogP) is 5.91. The van der Waals surface area contributed by atoms with Crippen LogP contribution in [0.2, 0.25) is 0 Å². The fourth-order valence-corrected chi connectivity index (χ4v) is 3.50. The minimum Gasteiger partial charge on any atom is -0.360 e. The molecule has 3 rings (SSSR count). The summed E-state index contributed by atoms with van der Waals surface area (Å²) in [6.07, 6.45) is 3.71. The van der Waals surface area contributed by atoms with Crippen molar-refractivity contribution in [3.63, 3.8) is 0 Å². The number of anilines is 1. The minimum atomic E-state index is 0.539. The highest BCUT2D eigenvalue weighted by molar-refractivity contribution is 7.11. The van der Waals surface area contributed by atoms with Gasteiger partial charge >= 0.3 is 0 Å². The van der Waals surface area contributed by atoms with Crippen molar-refractivity contribution in [1.29, 1.82) is 5.26 Å². The van der Waals surface area contributed by atoms with E-state index < -0.39 is 0 Å². The molecule has 0 saturated carbocycles. The van der Waals surface area contributed by atoms with Gasteiger partial charge in [-0.2, -0.15) is 5.26 Å². The molecule has 0 fully saturated rings. The summed E-state index contributed by atoms with van der Waals surface area (Å²) < 4.78 is 0. The van der Waals surface area contributed by atoms with Crippen LogP contribution in [0.4, 0.5) is 5.69 Å². The number of hydrogen-bond donors (Lipinski definition) is 1. The van der Waals surface area contributed by atoms with Gasteiger partial charge in [0.1, 0.15) is 16.6 Å². The van der Waals surface area contributed by atoms with Gasteiger partial charge in [0.25, 0.3) is 0 Å². The molecule has 0 saturated heterocycles. The molecule has 4 heteroatoms. The highest BCUT2D eigenvalue weighted by Gasteiger charge is 2.09. The van der Waals surface area contributed by atoms with E-state index in [4.69, 9.17) is 0 Å². The molecule has 0 radical (unpaired) electrons. The molecule has 2 aromatic carbocycles. The van der Waals surface area contributed by atoms with Crippen LogP contribution in [0.25, 0.3) is 16.8 Å². The summed E-state index contributed by atoms with van der Waals surface area (Å²) in [6.45, 7) is 4.26. The maximum absolute atomic E-state index is 9.54. The Balaban J connectivity index is 1.82. The zero-order valence-corrected chi connectivity index (χ0v) is 15.8. The number of rotatable bonds is 6. The summed E-state index contributed by atoms with van der Waals surface area (Å²) in [4.78, 5) is 4.65. The quantitative estimate of drug-likeness (QED) is 0.556. The molecular weight excluding hydrogens is 338 g/mol. The van der Waals surface area contributed by atoms with Crippen LogP contribution in [-0.4, -0.2) is 4.98 Å². The van der Waals surface area contributed by atoms with E-state index >= 15 is 0 Å². The van der Waals surface area contributed by atoms with Crippen LogP contribution in [0.3, 0.4) is 0 Å². The Hall–Kier alpha value is -2.90. The van der Waals surface area contributed by atoms with Gasteiger partial charge in [0.2, 0.25) is 0 Å². The van der Waals surface area contributed by atoms with Gasteiger partial charge in [-0.3, -0.25) is 0 Å². The summed E-state index contributed by atoms with van der Waals surface area (Å²) in [5.74, 6) is 0. The van der Waals surface area contributed by atoms with Crippen LogP contribution in [0.1, 0.15) is 30.0 Å². The molecule has 3 aromatic rings. The van der Waals surface area contributed by atoms with Gasteiger partial charge in [-0.15, -0.1) is 11.3 Å². The maximum atomic E-state index is 9.54. The van der Waals surface area contributed by atoms with Crippen LogP contribution in [-0.2, 0) is 12.8 Å². The average molecular weight is 359 g/mol. The normalized spacial score (nSPS) is 11.2. The summed E-state index contributed by atoms with van der Waals surface area (Å²) >= 11 is 1.49. The molecule has 1 heterocycles. The second kappa shape index (κ2) is 8.46. The Labute approximate surface area is 158 Å². The SMILES string of the molecule is CCc1ccc(-c2csc(C(C#N)=CNc3ccccc3CC)n2)cc1. The number of nitrogens with zero attached hydrogens (tertiary/aromatic N) is 2. The lowest BCUT2D eigenvalue weighted by Gasteiger charge is -2.07. The van der Waals surface area contributed by atoms with Gasteiger partial charge in [0.15, 0.2) is 0 Å². The topological polar surface area (TPSA) is 48.7 Å². The molecule has 3 nitrogen and oxygen atoms in total. The smallest absolute Gasteiger partial charge is 0.136 e. The van der Waals surface area contributed by atoms with Crippen molar-refractivity contribution in [1.82, 2.24) is 4.98 Å². The van der Waals surface area contributed by atoms with Gasteiger partial charge in [-0.1, -0.05) is 56.3 Å². The summed E-state index contributed by atoms with van der Waals surface area (Å²) in [7, 11) is 0. The summed E-state index contributed by atoms with van der Waals surface area (Å²) in [5.41, 5.74) is 6.07. The second-order valence-electron chi connectivity index (χ2n) is 5.91. The molecule has 26 heavy (non-hydrogen) atoms. The van der Waals surface area contributed by atoms with Gasteiger partial charge in [0.05, 0.1) is 5.69 Å². The largest absolute Gasteiger partial charge is 0.360 e. The van der Waals surface area contributed by atoms with E-state index in [1.165, 1.54) is 22.5 Å². The molecule has 0 aliphatic carbocycles. The molecule has 1 N–H and O–H groups in total. The Kier molecular flexibility index (Phi) is 5.83. The van der Waals surface area contributed by atoms with E-state index in [-0.39, 0.29) is 0 Å². The van der Waals surface area contributed by atoms with Crippen LogP contribution < -0.4 is 5.32 Å². The number of aromatic nitrogens is 1. The maximum Gasteiger partial charge on any atom is 0.136 e. The van der Waals surface area contributed by atoms with Crippen LogP contribution in [0.5, 0.6) is 0 Å². The third-order valence-electron chi connectivity index (χ3n) is 4.28. The minimum absolute atomic E-state index is 0.539. The molecule has 0 bridgehead atoms. The Bertz CT molecular complexity index is 946. The zero-order valence-electron chi connectivity index (χ0n) is 15.0. The van der Waals surface area contributed by atoms with Gasteiger partial charge in [-0.25, -0.2) is 4.98 Å². The lowest BCUT2D eigenvalue weighted by atomic mass is 10.1. The number of hydrogen-bond acceptors (Lipinski definition) is 4. The monoisotopic (exact) mass is 359 g/mol. The fourth-order valence-electron chi connectivity index (χ4n) is 2.70. The van der Waals surface area contributed by atoms with Gasteiger partial charge in [-0.05, 0) is 30.0 Å². The van der Waals surface area contributed by atoms with E-state index in [1.807, 2.05) is 23.6 Å².